The lowest BCUT2D eigenvalue weighted by atomic mass is 9.82. The Hall–Kier alpha value is -2.97. The van der Waals surface area contributed by atoms with Crippen molar-refractivity contribution in [3.8, 4) is 0 Å². The molecule has 1 aromatic heterocycles. The predicted octanol–water partition coefficient (Wildman–Crippen LogP) is 3.14. The van der Waals surface area contributed by atoms with Gasteiger partial charge in [0.2, 0.25) is 5.91 Å². The highest BCUT2D eigenvalue weighted by molar-refractivity contribution is 5.91. The van der Waals surface area contributed by atoms with E-state index in [0.717, 1.165) is 69.5 Å². The number of carbonyl (C=O) groups is 2. The maximum Gasteiger partial charge on any atom is 0.326 e. The number of aromatic nitrogens is 1. The summed E-state index contributed by atoms with van der Waals surface area (Å²) in [6.45, 7) is 3.75. The van der Waals surface area contributed by atoms with Crippen LogP contribution in [0.5, 0.6) is 0 Å². The largest absolute Gasteiger partial charge is 0.480 e. The quantitative estimate of drug-likeness (QED) is 0.290. The summed E-state index contributed by atoms with van der Waals surface area (Å²) < 4.78 is 0. The van der Waals surface area contributed by atoms with Gasteiger partial charge < -0.3 is 25.7 Å². The zero-order valence-electron chi connectivity index (χ0n) is 21.8. The number of amides is 1. The average molecular weight is 509 g/mol. The van der Waals surface area contributed by atoms with Crippen molar-refractivity contribution < 1.29 is 19.8 Å². The van der Waals surface area contributed by atoms with E-state index in [0.29, 0.717) is 24.6 Å². The molecule has 37 heavy (non-hydrogen) atoms. The number of anilines is 1. The Bertz CT molecular complexity index is 1060. The molecular formula is C29H40N4O4. The van der Waals surface area contributed by atoms with Crippen LogP contribution in [0, 0.1) is 0 Å². The fourth-order valence-electron chi connectivity index (χ4n) is 5.02. The molecule has 2 heterocycles. The van der Waals surface area contributed by atoms with E-state index in [9.17, 15) is 19.8 Å². The molecule has 1 saturated carbocycles. The number of hydrogen-bond acceptors (Lipinski definition) is 6. The average Bonchev–Trinajstić information content (AvgIpc) is 3.77. The van der Waals surface area contributed by atoms with E-state index in [4.69, 9.17) is 4.98 Å². The first-order valence-electron chi connectivity index (χ1n) is 13.6. The summed E-state index contributed by atoms with van der Waals surface area (Å²) in [4.78, 5) is 32.2. The third-order valence-electron chi connectivity index (χ3n) is 7.68. The van der Waals surface area contributed by atoms with Crippen molar-refractivity contribution in [3.63, 3.8) is 0 Å². The molecule has 8 heteroatoms. The van der Waals surface area contributed by atoms with Gasteiger partial charge in [-0.3, -0.25) is 4.79 Å². The Morgan fingerprint density at radius 2 is 1.95 bits per heavy atom. The van der Waals surface area contributed by atoms with Crippen LogP contribution < -0.4 is 10.6 Å². The molecule has 1 aromatic carbocycles. The smallest absolute Gasteiger partial charge is 0.326 e. The number of aryl methyl sites for hydroxylation is 2. The lowest BCUT2D eigenvalue weighted by Crippen LogP contribution is -2.52. The van der Waals surface area contributed by atoms with Gasteiger partial charge in [0.05, 0.1) is 12.0 Å². The Balaban J connectivity index is 1.27. The number of hydrogen-bond donors (Lipinski definition) is 4. The Labute approximate surface area is 219 Å². The fraction of sp³-hybridized carbons (Fsp3) is 0.552. The molecule has 4 N–H and O–H groups in total. The Kier molecular flexibility index (Phi) is 9.16. The van der Waals surface area contributed by atoms with E-state index in [1.807, 2.05) is 6.07 Å². The second-order valence-corrected chi connectivity index (χ2v) is 10.6. The third-order valence-corrected chi connectivity index (χ3v) is 7.68. The molecule has 1 aliphatic carbocycles. The van der Waals surface area contributed by atoms with Gasteiger partial charge in [-0.2, -0.15) is 0 Å². The van der Waals surface area contributed by atoms with Gasteiger partial charge >= 0.3 is 5.97 Å². The first-order chi connectivity index (χ1) is 17.9. The Morgan fingerprint density at radius 1 is 1.16 bits per heavy atom. The summed E-state index contributed by atoms with van der Waals surface area (Å²) in [6.07, 6.45) is 7.83. The van der Waals surface area contributed by atoms with Crippen molar-refractivity contribution in [1.82, 2.24) is 15.2 Å². The van der Waals surface area contributed by atoms with Gasteiger partial charge in [-0.25, -0.2) is 9.78 Å². The van der Waals surface area contributed by atoms with Gasteiger partial charge in [0.15, 0.2) is 0 Å². The molecular weight excluding hydrogens is 468 g/mol. The van der Waals surface area contributed by atoms with Crippen LogP contribution in [-0.2, 0) is 27.8 Å². The van der Waals surface area contributed by atoms with Crippen LogP contribution in [0.15, 0.2) is 42.5 Å². The number of unbranched alkanes of at least 4 members (excludes halogenated alkanes) is 1. The number of aliphatic hydroxyl groups is 1. The zero-order valence-corrected chi connectivity index (χ0v) is 21.8. The van der Waals surface area contributed by atoms with E-state index >= 15 is 0 Å². The minimum absolute atomic E-state index is 0.325. The normalized spacial score (nSPS) is 17.4. The lowest BCUT2D eigenvalue weighted by molar-refractivity contribution is -0.143. The van der Waals surface area contributed by atoms with E-state index in [1.54, 1.807) is 31.2 Å². The predicted molar refractivity (Wildman–Crippen MR) is 144 cm³/mol. The molecule has 1 amide bonds. The number of carboxylic acid groups (broad SMARTS) is 1. The van der Waals surface area contributed by atoms with Crippen molar-refractivity contribution in [2.75, 3.05) is 31.6 Å². The molecule has 2 atom stereocenters. The summed E-state index contributed by atoms with van der Waals surface area (Å²) in [6, 6.07) is 12.8. The summed E-state index contributed by atoms with van der Waals surface area (Å²) in [5.41, 5.74) is 1.87. The number of nitrogens with one attached hydrogen (secondary N) is 2. The fourth-order valence-corrected chi connectivity index (χ4v) is 5.02. The van der Waals surface area contributed by atoms with E-state index in [1.165, 1.54) is 5.56 Å². The van der Waals surface area contributed by atoms with Gasteiger partial charge in [0.1, 0.15) is 11.9 Å². The first kappa shape index (κ1) is 27.1. The molecule has 8 nitrogen and oxygen atoms in total. The maximum absolute atomic E-state index is 13.1. The first-order valence-corrected chi connectivity index (χ1v) is 13.6. The van der Waals surface area contributed by atoms with Crippen LogP contribution in [-0.4, -0.2) is 70.3 Å². The molecule has 0 spiro atoms. The molecule has 0 bridgehead atoms. The van der Waals surface area contributed by atoms with Crippen molar-refractivity contribution in [1.29, 1.82) is 0 Å². The van der Waals surface area contributed by atoms with Gasteiger partial charge in [0.25, 0.3) is 0 Å². The summed E-state index contributed by atoms with van der Waals surface area (Å²) in [5.74, 6) is -0.488. The molecule has 200 valence electrons. The number of aliphatic carboxylic acids is 1. The lowest BCUT2D eigenvalue weighted by Gasteiger charge is -2.29. The molecule has 2 aliphatic rings. The van der Waals surface area contributed by atoms with Gasteiger partial charge in [-0.15, -0.1) is 0 Å². The molecule has 4 rings (SSSR count). The Morgan fingerprint density at radius 3 is 2.65 bits per heavy atom. The molecule has 1 aliphatic heterocycles. The summed E-state index contributed by atoms with van der Waals surface area (Å²) in [7, 11) is 0. The van der Waals surface area contributed by atoms with Crippen molar-refractivity contribution >= 4 is 17.7 Å². The highest BCUT2D eigenvalue weighted by atomic mass is 16.4. The molecule has 2 unspecified atom stereocenters. The molecule has 2 aromatic rings. The highest BCUT2D eigenvalue weighted by Crippen LogP contribution is 2.28. The monoisotopic (exact) mass is 508 g/mol. The van der Waals surface area contributed by atoms with Crippen molar-refractivity contribution in [2.45, 2.75) is 75.8 Å². The number of carboxylic acids is 1. The SMILES string of the molecule is CC(CO)(C(=O)NC(CCN(CCCCc1ccc2c(n1)NCCC2)C1CC1)C(=O)O)c1ccccc1. The van der Waals surface area contributed by atoms with Crippen LogP contribution in [0.3, 0.4) is 0 Å². The van der Waals surface area contributed by atoms with Crippen molar-refractivity contribution in [2.24, 2.45) is 0 Å². The zero-order chi connectivity index (χ0) is 26.3. The minimum atomic E-state index is -1.20. The third kappa shape index (κ3) is 7.08. The number of rotatable bonds is 14. The van der Waals surface area contributed by atoms with Crippen molar-refractivity contribution in [3.05, 3.63) is 59.3 Å². The van der Waals surface area contributed by atoms with Crippen LogP contribution in [0.2, 0.25) is 0 Å². The molecule has 1 fully saturated rings. The second-order valence-electron chi connectivity index (χ2n) is 10.6. The molecule has 0 radical (unpaired) electrons. The topological polar surface area (TPSA) is 115 Å². The summed E-state index contributed by atoms with van der Waals surface area (Å²) >= 11 is 0. The second kappa shape index (κ2) is 12.5. The van der Waals surface area contributed by atoms with E-state index in [2.05, 4.69) is 27.7 Å². The van der Waals surface area contributed by atoms with Gasteiger partial charge in [-0.05, 0) is 82.0 Å². The number of fused-ring (bicyclic) bond motifs is 1. The highest BCUT2D eigenvalue weighted by Gasteiger charge is 2.37. The van der Waals surface area contributed by atoms with Crippen LogP contribution in [0.25, 0.3) is 0 Å². The number of pyridine rings is 1. The standard InChI is InChI=1S/C29H40N4O4/c1-29(20-34,22-9-3-2-4-10-22)28(37)32-25(27(35)36)16-19-33(24-14-15-24)18-6-5-11-23-13-12-21-8-7-17-30-26(21)31-23/h2-4,9-10,12-13,24-25,34H,5-8,11,14-20H2,1H3,(H,30,31)(H,32,37)(H,35,36). The number of benzene rings is 1. The van der Waals surface area contributed by atoms with Crippen LogP contribution in [0.1, 0.15) is 62.3 Å². The van der Waals surface area contributed by atoms with Gasteiger partial charge in [0, 0.05) is 24.8 Å². The van der Waals surface area contributed by atoms with E-state index in [-0.39, 0.29) is 0 Å². The number of aliphatic hydroxyl groups excluding tert-OH is 1. The van der Waals surface area contributed by atoms with Gasteiger partial charge in [-0.1, -0.05) is 36.4 Å². The van der Waals surface area contributed by atoms with E-state index < -0.39 is 29.9 Å². The minimum Gasteiger partial charge on any atom is -0.480 e. The number of carbonyl (C=O) groups excluding carboxylic acids is 1. The van der Waals surface area contributed by atoms with Crippen LogP contribution in [0.4, 0.5) is 5.82 Å². The van der Waals surface area contributed by atoms with Crippen LogP contribution >= 0.6 is 0 Å². The summed E-state index contributed by atoms with van der Waals surface area (Å²) in [5, 5.41) is 25.9. The number of nitrogens with zero attached hydrogens (tertiary/aromatic N) is 2. The molecule has 0 saturated heterocycles. The maximum atomic E-state index is 13.1.